The highest BCUT2D eigenvalue weighted by Crippen LogP contribution is 2.25. The predicted molar refractivity (Wildman–Crippen MR) is 90.6 cm³/mol. The minimum Gasteiger partial charge on any atom is -0.447 e. The number of non-ortho nitro benzene ring substituents is 1. The van der Waals surface area contributed by atoms with Crippen LogP contribution in [0.15, 0.2) is 24.3 Å². The van der Waals surface area contributed by atoms with Crippen LogP contribution >= 0.6 is 12.2 Å². The number of ether oxygens (including phenoxy) is 4. The van der Waals surface area contributed by atoms with Gasteiger partial charge in [0.1, 0.15) is 24.1 Å². The summed E-state index contributed by atoms with van der Waals surface area (Å²) in [5.74, 6) is 0.178. The van der Waals surface area contributed by atoms with Crippen LogP contribution in [0, 0.1) is 10.1 Å². The highest BCUT2D eigenvalue weighted by Gasteiger charge is 2.47. The second-order valence-corrected chi connectivity index (χ2v) is 5.68. The highest BCUT2D eigenvalue weighted by molar-refractivity contribution is 7.79. The van der Waals surface area contributed by atoms with Gasteiger partial charge in [-0.15, -0.1) is 0 Å². The largest absolute Gasteiger partial charge is 0.447 e. The molecule has 0 unspecified atom stereocenters. The number of hydrogen-bond acceptors (Lipinski definition) is 10. The molecule has 0 radical (unpaired) electrons. The number of nitro benzene ring substituents is 1. The Balaban J connectivity index is 2.03. The molecule has 0 spiro atoms. The maximum absolute atomic E-state index is 10.6. The molecule has 26 heavy (non-hydrogen) atoms. The number of aliphatic hydroxyl groups is 3. The monoisotopic (exact) mass is 389 g/mol. The summed E-state index contributed by atoms with van der Waals surface area (Å²) in [6.45, 7) is 1.40. The Kier molecular flexibility index (Phi) is 7.20. The van der Waals surface area contributed by atoms with Crippen molar-refractivity contribution in [3.05, 3.63) is 34.4 Å². The molecule has 1 saturated heterocycles. The van der Waals surface area contributed by atoms with Crippen LogP contribution in [-0.2, 0) is 14.2 Å². The Morgan fingerprint density at radius 2 is 1.96 bits per heavy atom. The maximum Gasteiger partial charge on any atom is 0.358 e. The van der Waals surface area contributed by atoms with Crippen molar-refractivity contribution in [2.45, 2.75) is 37.6 Å². The molecule has 2 rings (SSSR count). The molecule has 1 aromatic rings. The van der Waals surface area contributed by atoms with Gasteiger partial charge in [0.25, 0.3) is 5.69 Å². The van der Waals surface area contributed by atoms with Crippen LogP contribution in [0.3, 0.4) is 0 Å². The van der Waals surface area contributed by atoms with Crippen LogP contribution in [0.25, 0.3) is 0 Å². The van der Waals surface area contributed by atoms with Crippen molar-refractivity contribution in [2.75, 3.05) is 13.2 Å². The predicted octanol–water partition coefficient (Wildman–Crippen LogP) is 0.119. The zero-order valence-electron chi connectivity index (χ0n) is 13.8. The molecule has 1 aliphatic rings. The quantitative estimate of drug-likeness (QED) is 0.349. The Morgan fingerprint density at radius 1 is 1.31 bits per heavy atom. The van der Waals surface area contributed by atoms with E-state index < -0.39 is 47.5 Å². The number of rotatable bonds is 6. The minimum atomic E-state index is -1.38. The van der Waals surface area contributed by atoms with E-state index >= 15 is 0 Å². The Labute approximate surface area is 154 Å². The van der Waals surface area contributed by atoms with Crippen LogP contribution in [0.4, 0.5) is 5.69 Å². The molecule has 10 nitrogen and oxygen atoms in total. The van der Waals surface area contributed by atoms with Crippen molar-refractivity contribution < 1.29 is 39.2 Å². The van der Waals surface area contributed by atoms with E-state index in [-0.39, 0.29) is 18.0 Å². The van der Waals surface area contributed by atoms with E-state index in [1.54, 1.807) is 6.92 Å². The minimum absolute atomic E-state index is 0.121. The van der Waals surface area contributed by atoms with Gasteiger partial charge in [0, 0.05) is 31.0 Å². The molecule has 0 aromatic heterocycles. The fraction of sp³-hybridized carbons (Fsp3) is 0.533. The summed E-state index contributed by atoms with van der Waals surface area (Å²) in [5.41, 5.74) is -0.121. The van der Waals surface area contributed by atoms with Gasteiger partial charge in [0.15, 0.2) is 12.4 Å². The van der Waals surface area contributed by atoms with Gasteiger partial charge in [0.05, 0.1) is 11.5 Å². The fourth-order valence-electron chi connectivity index (χ4n) is 2.36. The number of benzene rings is 1. The molecule has 1 aliphatic heterocycles. The topological polar surface area (TPSA) is 141 Å². The van der Waals surface area contributed by atoms with Crippen molar-refractivity contribution in [1.82, 2.24) is 0 Å². The summed E-state index contributed by atoms with van der Waals surface area (Å²) in [5, 5.41) is 39.9. The van der Waals surface area contributed by atoms with E-state index in [2.05, 4.69) is 0 Å². The lowest BCUT2D eigenvalue weighted by Gasteiger charge is -2.41. The first-order valence-corrected chi connectivity index (χ1v) is 8.15. The fourth-order valence-corrected chi connectivity index (χ4v) is 2.57. The van der Waals surface area contributed by atoms with E-state index in [1.165, 1.54) is 24.3 Å². The maximum atomic E-state index is 10.6. The number of aliphatic hydroxyl groups excluding tert-OH is 3. The molecule has 1 aromatic carbocycles. The lowest BCUT2D eigenvalue weighted by molar-refractivity contribution is -0.384. The van der Waals surface area contributed by atoms with Crippen LogP contribution in [0.1, 0.15) is 6.92 Å². The summed E-state index contributed by atoms with van der Waals surface area (Å²) in [4.78, 5) is 10.1. The van der Waals surface area contributed by atoms with Crippen LogP contribution < -0.4 is 4.74 Å². The second kappa shape index (κ2) is 9.16. The van der Waals surface area contributed by atoms with Gasteiger partial charge < -0.3 is 34.3 Å². The summed E-state index contributed by atoms with van der Waals surface area (Å²) >= 11 is 4.94. The number of nitrogens with zero attached hydrogens (tertiary/aromatic N) is 1. The molecule has 1 fully saturated rings. The SMILES string of the molecule is CCO[C@H]1O[C@H](CO)[C@@H](O)[C@H](OC(=S)Oc2ccc([N+](=O)[O-])cc2)[C@@H]1O. The second-order valence-electron chi connectivity index (χ2n) is 5.35. The lowest BCUT2D eigenvalue weighted by Crippen LogP contribution is -2.60. The van der Waals surface area contributed by atoms with E-state index in [1.807, 2.05) is 0 Å². The molecule has 0 bridgehead atoms. The molecular formula is C15H19NO9S. The normalized spacial score (nSPS) is 28.4. The Morgan fingerprint density at radius 3 is 2.50 bits per heavy atom. The number of hydrogen-bond donors (Lipinski definition) is 3. The van der Waals surface area contributed by atoms with Crippen LogP contribution in [0.2, 0.25) is 0 Å². The molecule has 0 aliphatic carbocycles. The zero-order valence-corrected chi connectivity index (χ0v) is 14.6. The standard InChI is InChI=1S/C15H19NO9S/c1-2-22-14-12(19)13(11(18)10(7-17)24-14)25-15(26)23-9-5-3-8(4-6-9)16(20)21/h3-6,10-14,17-19H,2,7H2,1H3/t10-,11-,12+,13+,14+/m1/s1. The van der Waals surface area contributed by atoms with Crippen LogP contribution in [0.5, 0.6) is 5.75 Å². The molecule has 0 saturated carbocycles. The van der Waals surface area contributed by atoms with E-state index in [0.29, 0.717) is 0 Å². The number of thiocarbonyl (C=S) groups is 1. The summed E-state index contributed by atoms with van der Waals surface area (Å²) in [6, 6.07) is 5.10. The summed E-state index contributed by atoms with van der Waals surface area (Å²) < 4.78 is 21.0. The van der Waals surface area contributed by atoms with Crippen LogP contribution in [-0.4, -0.2) is 69.4 Å². The third-order valence-corrected chi connectivity index (χ3v) is 3.81. The van der Waals surface area contributed by atoms with Crippen molar-refractivity contribution in [3.8, 4) is 5.75 Å². The number of nitro groups is 1. The first kappa shape index (κ1) is 20.4. The van der Waals surface area contributed by atoms with Gasteiger partial charge >= 0.3 is 5.24 Å². The van der Waals surface area contributed by atoms with Gasteiger partial charge in [-0.1, -0.05) is 0 Å². The van der Waals surface area contributed by atoms with E-state index in [0.717, 1.165) is 0 Å². The van der Waals surface area contributed by atoms with Crippen molar-refractivity contribution in [2.24, 2.45) is 0 Å². The zero-order chi connectivity index (χ0) is 19.3. The first-order chi connectivity index (χ1) is 12.4. The summed E-state index contributed by atoms with van der Waals surface area (Å²) in [7, 11) is 0. The van der Waals surface area contributed by atoms with Gasteiger partial charge in [-0.05, 0) is 19.1 Å². The molecular weight excluding hydrogens is 370 g/mol. The molecule has 0 amide bonds. The molecule has 144 valence electrons. The van der Waals surface area contributed by atoms with Crippen molar-refractivity contribution >= 4 is 23.1 Å². The van der Waals surface area contributed by atoms with Crippen molar-refractivity contribution in [1.29, 1.82) is 0 Å². The van der Waals surface area contributed by atoms with Crippen molar-refractivity contribution in [3.63, 3.8) is 0 Å². The molecule has 5 atom stereocenters. The Bertz CT molecular complexity index is 626. The van der Waals surface area contributed by atoms with Gasteiger partial charge in [-0.2, -0.15) is 0 Å². The first-order valence-electron chi connectivity index (χ1n) is 7.74. The van der Waals surface area contributed by atoms with Gasteiger partial charge in [0.2, 0.25) is 0 Å². The third-order valence-electron chi connectivity index (χ3n) is 3.63. The van der Waals surface area contributed by atoms with Gasteiger partial charge in [-0.25, -0.2) is 0 Å². The third kappa shape index (κ3) is 4.84. The van der Waals surface area contributed by atoms with Gasteiger partial charge in [-0.3, -0.25) is 10.1 Å². The molecule has 3 N–H and O–H groups in total. The van der Waals surface area contributed by atoms with E-state index in [4.69, 9.17) is 31.2 Å². The molecule has 1 heterocycles. The van der Waals surface area contributed by atoms with E-state index in [9.17, 15) is 25.4 Å². The highest BCUT2D eigenvalue weighted by atomic mass is 32.1. The summed E-state index contributed by atoms with van der Waals surface area (Å²) in [6.07, 6.45) is -6.19. The lowest BCUT2D eigenvalue weighted by atomic mass is 9.99. The average Bonchev–Trinajstić information content (AvgIpc) is 2.61. The smallest absolute Gasteiger partial charge is 0.358 e. The average molecular weight is 389 g/mol. The Hall–Kier alpha value is -1.89. The molecule has 11 heteroatoms.